The molecule has 2 heterocycles. The number of hydrogen-bond acceptors (Lipinski definition) is 4. The highest BCUT2D eigenvalue weighted by molar-refractivity contribution is 6.05. The zero-order chi connectivity index (χ0) is 18.7. The summed E-state index contributed by atoms with van der Waals surface area (Å²) in [6.45, 7) is 4.50. The van der Waals surface area contributed by atoms with E-state index in [2.05, 4.69) is 9.88 Å². The van der Waals surface area contributed by atoms with Gasteiger partial charge in [-0.15, -0.1) is 0 Å². The number of amides is 1. The molecule has 0 aliphatic heterocycles. The lowest BCUT2D eigenvalue weighted by Gasteiger charge is -2.11. The molecule has 0 aliphatic carbocycles. The summed E-state index contributed by atoms with van der Waals surface area (Å²) in [5.41, 5.74) is 3.15. The van der Waals surface area contributed by atoms with Gasteiger partial charge in [0.05, 0.1) is 32.6 Å². The molecule has 0 radical (unpaired) electrons. The summed E-state index contributed by atoms with van der Waals surface area (Å²) in [6, 6.07) is 10.9. The number of nitrogens with one attached hydrogen (secondary N) is 1. The summed E-state index contributed by atoms with van der Waals surface area (Å²) in [5.74, 6) is 1.85. The minimum atomic E-state index is -0.170. The van der Waals surface area contributed by atoms with Crippen molar-refractivity contribution in [1.82, 2.24) is 4.57 Å². The van der Waals surface area contributed by atoms with Crippen molar-refractivity contribution >= 4 is 11.6 Å². The van der Waals surface area contributed by atoms with E-state index in [1.807, 2.05) is 32.0 Å². The normalized spacial score (nSPS) is 10.6. The highest BCUT2D eigenvalue weighted by Crippen LogP contribution is 2.30. The molecule has 0 fully saturated rings. The number of carbonyl (C=O) groups is 1. The summed E-state index contributed by atoms with van der Waals surface area (Å²) >= 11 is 0. The molecular formula is C20H22N2O4. The molecule has 0 bridgehead atoms. The van der Waals surface area contributed by atoms with E-state index in [1.165, 1.54) is 0 Å². The molecule has 1 aromatic carbocycles. The topological polar surface area (TPSA) is 65.6 Å². The Bertz CT molecular complexity index is 910. The van der Waals surface area contributed by atoms with Crippen LogP contribution in [0.3, 0.4) is 0 Å². The minimum Gasteiger partial charge on any atom is -0.493 e. The number of nitrogens with zero attached hydrogens (tertiary/aromatic N) is 1. The number of hydrogen-bond donors (Lipinski definition) is 1. The summed E-state index contributed by atoms with van der Waals surface area (Å²) in [5, 5.41) is 2.91. The third kappa shape index (κ3) is 3.44. The maximum atomic E-state index is 12.7. The van der Waals surface area contributed by atoms with Gasteiger partial charge in [0.15, 0.2) is 11.5 Å². The van der Waals surface area contributed by atoms with Crippen LogP contribution in [0.5, 0.6) is 11.5 Å². The van der Waals surface area contributed by atoms with Gasteiger partial charge >= 0.3 is 0 Å². The fourth-order valence-electron chi connectivity index (χ4n) is 2.95. The lowest BCUT2D eigenvalue weighted by molar-refractivity contribution is 0.102. The Hall–Kier alpha value is -3.15. The van der Waals surface area contributed by atoms with Crippen LogP contribution >= 0.6 is 0 Å². The molecule has 1 amide bonds. The largest absolute Gasteiger partial charge is 0.493 e. The number of furan rings is 1. The zero-order valence-corrected chi connectivity index (χ0v) is 15.3. The molecule has 1 N–H and O–H groups in total. The molecule has 0 atom stereocenters. The Morgan fingerprint density at radius 1 is 1.12 bits per heavy atom. The Morgan fingerprint density at radius 2 is 1.88 bits per heavy atom. The lowest BCUT2D eigenvalue weighted by atomic mass is 10.2. The van der Waals surface area contributed by atoms with Gasteiger partial charge in [-0.05, 0) is 44.2 Å². The van der Waals surface area contributed by atoms with E-state index in [0.717, 1.165) is 17.1 Å². The molecule has 0 saturated carbocycles. The van der Waals surface area contributed by atoms with Crippen molar-refractivity contribution in [2.24, 2.45) is 0 Å². The van der Waals surface area contributed by atoms with E-state index in [0.29, 0.717) is 29.3 Å². The van der Waals surface area contributed by atoms with Crippen molar-refractivity contribution in [2.45, 2.75) is 20.4 Å². The van der Waals surface area contributed by atoms with Crippen LogP contribution in [0.2, 0.25) is 0 Å². The van der Waals surface area contributed by atoms with Gasteiger partial charge in [0.1, 0.15) is 5.76 Å². The number of anilines is 1. The second-order valence-electron chi connectivity index (χ2n) is 5.97. The Labute approximate surface area is 152 Å². The number of rotatable bonds is 6. The maximum Gasteiger partial charge on any atom is 0.257 e. The highest BCUT2D eigenvalue weighted by atomic mass is 16.5. The van der Waals surface area contributed by atoms with Crippen molar-refractivity contribution in [2.75, 3.05) is 19.5 Å². The van der Waals surface area contributed by atoms with E-state index < -0.39 is 0 Å². The number of carbonyl (C=O) groups excluding carboxylic acids is 1. The molecular weight excluding hydrogens is 332 g/mol. The average molecular weight is 354 g/mol. The maximum absolute atomic E-state index is 12.7. The smallest absolute Gasteiger partial charge is 0.257 e. The van der Waals surface area contributed by atoms with E-state index in [1.54, 1.807) is 38.7 Å². The second kappa shape index (κ2) is 7.39. The summed E-state index contributed by atoms with van der Waals surface area (Å²) in [4.78, 5) is 12.7. The number of aromatic nitrogens is 1. The van der Waals surface area contributed by atoms with Crippen LogP contribution in [0.15, 0.2) is 47.1 Å². The summed E-state index contributed by atoms with van der Waals surface area (Å²) < 4.78 is 18.0. The lowest BCUT2D eigenvalue weighted by Crippen LogP contribution is -2.13. The van der Waals surface area contributed by atoms with Gasteiger partial charge in [-0.1, -0.05) is 0 Å². The Kier molecular flexibility index (Phi) is 5.02. The van der Waals surface area contributed by atoms with E-state index >= 15 is 0 Å². The van der Waals surface area contributed by atoms with Crippen LogP contribution in [0.1, 0.15) is 27.5 Å². The van der Waals surface area contributed by atoms with Crippen molar-refractivity contribution in [3.63, 3.8) is 0 Å². The molecule has 3 rings (SSSR count). The fraction of sp³-hybridized carbons (Fsp3) is 0.250. The minimum absolute atomic E-state index is 0.170. The van der Waals surface area contributed by atoms with E-state index in [4.69, 9.17) is 13.9 Å². The molecule has 26 heavy (non-hydrogen) atoms. The first kappa shape index (κ1) is 17.7. The van der Waals surface area contributed by atoms with Crippen LogP contribution in [-0.4, -0.2) is 24.7 Å². The van der Waals surface area contributed by atoms with Gasteiger partial charge in [-0.3, -0.25) is 4.79 Å². The molecule has 0 unspecified atom stereocenters. The third-order valence-corrected chi connectivity index (χ3v) is 4.35. The molecule has 0 spiro atoms. The number of benzene rings is 1. The molecule has 3 aromatic rings. The quantitative estimate of drug-likeness (QED) is 0.726. The SMILES string of the molecule is COc1ccc(NC(=O)c2cc(C)n(Cc3ccco3)c2C)cc1OC. The van der Waals surface area contributed by atoms with Crippen LogP contribution in [-0.2, 0) is 6.54 Å². The van der Waals surface area contributed by atoms with Gasteiger partial charge < -0.3 is 23.8 Å². The third-order valence-electron chi connectivity index (χ3n) is 4.35. The van der Waals surface area contributed by atoms with Crippen molar-refractivity contribution in [3.8, 4) is 11.5 Å². The number of methoxy groups -OCH3 is 2. The second-order valence-corrected chi connectivity index (χ2v) is 5.97. The van der Waals surface area contributed by atoms with Crippen LogP contribution < -0.4 is 14.8 Å². The first-order valence-electron chi connectivity index (χ1n) is 8.26. The zero-order valence-electron chi connectivity index (χ0n) is 15.3. The summed E-state index contributed by atoms with van der Waals surface area (Å²) in [6.07, 6.45) is 1.65. The van der Waals surface area contributed by atoms with Crippen LogP contribution in [0.25, 0.3) is 0 Å². The Balaban J connectivity index is 1.82. The van der Waals surface area contributed by atoms with Gasteiger partial charge in [0.2, 0.25) is 0 Å². The monoisotopic (exact) mass is 354 g/mol. The van der Waals surface area contributed by atoms with Gasteiger partial charge in [-0.2, -0.15) is 0 Å². The fourth-order valence-corrected chi connectivity index (χ4v) is 2.95. The van der Waals surface area contributed by atoms with Crippen LogP contribution in [0.4, 0.5) is 5.69 Å². The standard InChI is InChI=1S/C20H22N2O4/c1-13-10-17(14(2)22(13)12-16-6-5-9-26-16)20(23)21-15-7-8-18(24-3)19(11-15)25-4/h5-11H,12H2,1-4H3,(H,21,23). The van der Waals surface area contributed by atoms with Gasteiger partial charge in [0.25, 0.3) is 5.91 Å². The molecule has 0 saturated heterocycles. The molecule has 6 heteroatoms. The van der Waals surface area contributed by atoms with E-state index in [-0.39, 0.29) is 5.91 Å². The summed E-state index contributed by atoms with van der Waals surface area (Å²) in [7, 11) is 3.13. The van der Waals surface area contributed by atoms with Crippen molar-refractivity contribution in [1.29, 1.82) is 0 Å². The first-order valence-corrected chi connectivity index (χ1v) is 8.26. The average Bonchev–Trinajstić information content (AvgIpc) is 3.25. The highest BCUT2D eigenvalue weighted by Gasteiger charge is 2.17. The first-order chi connectivity index (χ1) is 12.5. The van der Waals surface area contributed by atoms with Crippen LogP contribution in [0, 0.1) is 13.8 Å². The molecule has 0 aliphatic rings. The predicted octanol–water partition coefficient (Wildman–Crippen LogP) is 4.02. The molecule has 136 valence electrons. The molecule has 2 aromatic heterocycles. The number of aryl methyl sites for hydroxylation is 1. The van der Waals surface area contributed by atoms with E-state index in [9.17, 15) is 4.79 Å². The molecule has 6 nitrogen and oxygen atoms in total. The van der Waals surface area contributed by atoms with Gasteiger partial charge in [-0.25, -0.2) is 0 Å². The van der Waals surface area contributed by atoms with Crippen molar-refractivity contribution in [3.05, 3.63) is 65.4 Å². The van der Waals surface area contributed by atoms with Crippen molar-refractivity contribution < 1.29 is 18.7 Å². The predicted molar refractivity (Wildman–Crippen MR) is 99.2 cm³/mol. The number of ether oxygens (including phenoxy) is 2. The van der Waals surface area contributed by atoms with Gasteiger partial charge in [0, 0.05) is 23.1 Å². The Morgan fingerprint density at radius 3 is 2.54 bits per heavy atom.